The summed E-state index contributed by atoms with van der Waals surface area (Å²) in [7, 11) is 0. The molecule has 144 valence electrons. The van der Waals surface area contributed by atoms with Gasteiger partial charge in [0.25, 0.3) is 0 Å². The van der Waals surface area contributed by atoms with E-state index in [2.05, 4.69) is 4.74 Å². The quantitative estimate of drug-likeness (QED) is 0.613. The first kappa shape index (κ1) is 19.7. The zero-order valence-electron chi connectivity index (χ0n) is 14.3. The Hall–Kier alpha value is -3.03. The number of carbonyl (C=O) groups excluding carboxylic acids is 1. The molecule has 1 heterocycles. The van der Waals surface area contributed by atoms with Crippen molar-refractivity contribution in [3.63, 3.8) is 0 Å². The van der Waals surface area contributed by atoms with E-state index in [1.165, 1.54) is 4.57 Å². The number of nitrogens with zero attached hydrogens (tertiary/aromatic N) is 1. The summed E-state index contributed by atoms with van der Waals surface area (Å²) in [4.78, 5) is 34.9. The lowest BCUT2D eigenvalue weighted by molar-refractivity contribution is -0.118. The maximum atomic E-state index is 12.7. The number of benzene rings is 2. The fourth-order valence-electron chi connectivity index (χ4n) is 2.90. The average molecular weight is 421 g/mol. The molecule has 2 aromatic carbocycles. The SMILES string of the molecule is NC(=O)Cn1cc(OC(=O)O)c(=O)c2cc(Cc3cccc(Cl)c3Cl)ccc21. The molecule has 0 atom stereocenters. The van der Waals surface area contributed by atoms with Crippen molar-refractivity contribution >= 4 is 46.2 Å². The number of ether oxygens (including phenoxy) is 1. The second kappa shape index (κ2) is 7.92. The molecule has 3 aromatic rings. The lowest BCUT2D eigenvalue weighted by Crippen LogP contribution is -2.22. The number of nitrogens with two attached hydrogens (primary N) is 1. The molecule has 0 aliphatic carbocycles. The van der Waals surface area contributed by atoms with Crippen LogP contribution in [0, 0.1) is 0 Å². The summed E-state index contributed by atoms with van der Waals surface area (Å²) in [6.45, 7) is -0.244. The Labute approximate surface area is 168 Å². The van der Waals surface area contributed by atoms with Crippen LogP contribution < -0.4 is 15.9 Å². The molecule has 3 N–H and O–H groups in total. The van der Waals surface area contributed by atoms with Crippen LogP contribution in [0.2, 0.25) is 10.0 Å². The molecule has 0 fully saturated rings. The molecule has 0 unspecified atom stereocenters. The van der Waals surface area contributed by atoms with E-state index in [0.29, 0.717) is 22.0 Å². The number of amides is 1. The maximum absolute atomic E-state index is 12.7. The molecule has 3 rings (SSSR count). The minimum absolute atomic E-state index is 0.190. The minimum atomic E-state index is -1.64. The van der Waals surface area contributed by atoms with Gasteiger partial charge in [-0.2, -0.15) is 0 Å². The van der Waals surface area contributed by atoms with Crippen molar-refractivity contribution in [1.82, 2.24) is 4.57 Å². The molecule has 0 radical (unpaired) electrons. The molecule has 0 aliphatic heterocycles. The summed E-state index contributed by atoms with van der Waals surface area (Å²) < 4.78 is 5.93. The number of fused-ring (bicyclic) bond motifs is 1. The van der Waals surface area contributed by atoms with Gasteiger partial charge in [-0.1, -0.05) is 41.4 Å². The number of carbonyl (C=O) groups is 2. The smallest absolute Gasteiger partial charge is 0.449 e. The molecule has 0 aliphatic rings. The highest BCUT2D eigenvalue weighted by Gasteiger charge is 2.15. The van der Waals surface area contributed by atoms with Gasteiger partial charge in [0.15, 0.2) is 5.75 Å². The Bertz CT molecular complexity index is 1160. The van der Waals surface area contributed by atoms with Gasteiger partial charge < -0.3 is 20.1 Å². The minimum Gasteiger partial charge on any atom is -0.449 e. The zero-order valence-corrected chi connectivity index (χ0v) is 15.8. The van der Waals surface area contributed by atoms with E-state index in [1.54, 1.807) is 30.3 Å². The van der Waals surface area contributed by atoms with Crippen LogP contribution in [0.15, 0.2) is 47.4 Å². The van der Waals surface area contributed by atoms with Crippen LogP contribution in [-0.4, -0.2) is 21.7 Å². The number of halogens is 2. The molecule has 28 heavy (non-hydrogen) atoms. The predicted octanol–water partition coefficient (Wildman–Crippen LogP) is 3.44. The summed E-state index contributed by atoms with van der Waals surface area (Å²) in [6.07, 6.45) is -0.0880. The van der Waals surface area contributed by atoms with E-state index < -0.39 is 23.2 Å². The van der Waals surface area contributed by atoms with Gasteiger partial charge in [0.1, 0.15) is 6.54 Å². The normalized spacial score (nSPS) is 10.8. The average Bonchev–Trinajstić information content (AvgIpc) is 2.62. The van der Waals surface area contributed by atoms with Crippen LogP contribution in [0.4, 0.5) is 4.79 Å². The third-order valence-electron chi connectivity index (χ3n) is 4.06. The number of hydrogen-bond acceptors (Lipinski definition) is 4. The molecule has 0 saturated carbocycles. The van der Waals surface area contributed by atoms with E-state index in [-0.39, 0.29) is 11.9 Å². The second-order valence-electron chi connectivity index (χ2n) is 6.03. The van der Waals surface area contributed by atoms with Gasteiger partial charge in [-0.05, 0) is 35.7 Å². The van der Waals surface area contributed by atoms with Crippen molar-refractivity contribution in [2.75, 3.05) is 0 Å². The van der Waals surface area contributed by atoms with Gasteiger partial charge in [-0.25, -0.2) is 4.79 Å². The number of hydrogen-bond donors (Lipinski definition) is 2. The van der Waals surface area contributed by atoms with Crippen LogP contribution >= 0.6 is 23.2 Å². The van der Waals surface area contributed by atoms with Crippen LogP contribution in [0.1, 0.15) is 11.1 Å². The van der Waals surface area contributed by atoms with E-state index in [0.717, 1.165) is 17.3 Å². The molecule has 9 heteroatoms. The second-order valence-corrected chi connectivity index (χ2v) is 6.81. The largest absolute Gasteiger partial charge is 0.511 e. The van der Waals surface area contributed by atoms with E-state index >= 15 is 0 Å². The lowest BCUT2D eigenvalue weighted by Gasteiger charge is -2.13. The summed E-state index contributed by atoms with van der Waals surface area (Å²) in [5, 5.41) is 9.88. The highest BCUT2D eigenvalue weighted by atomic mass is 35.5. The summed E-state index contributed by atoms with van der Waals surface area (Å²) >= 11 is 12.3. The monoisotopic (exact) mass is 420 g/mol. The van der Waals surface area contributed by atoms with Gasteiger partial charge in [-0.3, -0.25) is 9.59 Å². The first-order valence-corrected chi connectivity index (χ1v) is 8.80. The van der Waals surface area contributed by atoms with E-state index in [9.17, 15) is 14.4 Å². The summed E-state index contributed by atoms with van der Waals surface area (Å²) in [5.41, 5.74) is 6.56. The fourth-order valence-corrected chi connectivity index (χ4v) is 3.29. The molecular formula is C19H14Cl2N2O5. The van der Waals surface area contributed by atoms with Crippen molar-refractivity contribution in [2.24, 2.45) is 5.73 Å². The number of carboxylic acid groups (broad SMARTS) is 1. The lowest BCUT2D eigenvalue weighted by atomic mass is 10.0. The Morgan fingerprint density at radius 1 is 1.18 bits per heavy atom. The van der Waals surface area contributed by atoms with Crippen molar-refractivity contribution in [1.29, 1.82) is 0 Å². The fraction of sp³-hybridized carbons (Fsp3) is 0.105. The Morgan fingerprint density at radius 2 is 1.93 bits per heavy atom. The Kier molecular flexibility index (Phi) is 5.58. The topological polar surface area (TPSA) is 112 Å². The third-order valence-corrected chi connectivity index (χ3v) is 4.92. The molecular weight excluding hydrogens is 407 g/mol. The molecule has 0 bridgehead atoms. The van der Waals surface area contributed by atoms with Gasteiger partial charge in [0, 0.05) is 5.39 Å². The van der Waals surface area contributed by atoms with Crippen molar-refractivity contribution in [3.8, 4) is 5.75 Å². The highest BCUT2D eigenvalue weighted by molar-refractivity contribution is 6.42. The van der Waals surface area contributed by atoms with Crippen LogP contribution in [0.5, 0.6) is 5.75 Å². The van der Waals surface area contributed by atoms with Gasteiger partial charge in [0.2, 0.25) is 11.3 Å². The number of primary amides is 1. The summed E-state index contributed by atoms with van der Waals surface area (Å²) in [5.74, 6) is -1.07. The van der Waals surface area contributed by atoms with Crippen LogP contribution in [0.3, 0.4) is 0 Å². The van der Waals surface area contributed by atoms with E-state index in [1.807, 2.05) is 6.07 Å². The number of rotatable bonds is 5. The van der Waals surface area contributed by atoms with Gasteiger partial charge >= 0.3 is 6.16 Å². The number of pyridine rings is 1. The Morgan fingerprint density at radius 3 is 2.61 bits per heavy atom. The standard InChI is InChI=1S/C19H14Cl2N2O5/c20-13-3-1-2-11(17(13)21)6-10-4-5-14-12(7-10)18(25)15(28-19(26)27)8-23(14)9-16(22)24/h1-5,7-8H,6,9H2,(H2,22,24)(H,26,27). The van der Waals surface area contributed by atoms with Crippen molar-refractivity contribution in [2.45, 2.75) is 13.0 Å². The maximum Gasteiger partial charge on any atom is 0.511 e. The molecule has 1 aromatic heterocycles. The predicted molar refractivity (Wildman–Crippen MR) is 105 cm³/mol. The van der Waals surface area contributed by atoms with E-state index in [4.69, 9.17) is 34.0 Å². The van der Waals surface area contributed by atoms with Crippen LogP contribution in [0.25, 0.3) is 10.9 Å². The van der Waals surface area contributed by atoms with Crippen LogP contribution in [-0.2, 0) is 17.8 Å². The third kappa shape index (κ3) is 4.11. The first-order valence-electron chi connectivity index (χ1n) is 8.04. The van der Waals surface area contributed by atoms with Crippen molar-refractivity contribution < 1.29 is 19.4 Å². The van der Waals surface area contributed by atoms with Crippen molar-refractivity contribution in [3.05, 3.63) is 74.0 Å². The molecule has 7 nitrogen and oxygen atoms in total. The first-order chi connectivity index (χ1) is 13.3. The Balaban J connectivity index is 2.14. The van der Waals surface area contributed by atoms with Gasteiger partial charge in [-0.15, -0.1) is 0 Å². The summed E-state index contributed by atoms with van der Waals surface area (Å²) in [6, 6.07) is 10.3. The number of aromatic nitrogens is 1. The molecule has 1 amide bonds. The highest BCUT2D eigenvalue weighted by Crippen LogP contribution is 2.28. The van der Waals surface area contributed by atoms with Gasteiger partial charge in [0.05, 0.1) is 21.8 Å². The molecule has 0 spiro atoms. The molecule has 0 saturated heterocycles. The zero-order chi connectivity index (χ0) is 20.4.